The molecular weight excluding hydrogens is 224 g/mol. The minimum Gasteiger partial charge on any atom is -0.315 e. The number of aromatic nitrogens is 1. The van der Waals surface area contributed by atoms with E-state index in [1.54, 1.807) is 0 Å². The van der Waals surface area contributed by atoms with Crippen molar-refractivity contribution in [1.29, 1.82) is 0 Å². The molecule has 0 spiro atoms. The lowest BCUT2D eigenvalue weighted by Crippen LogP contribution is -2.28. The Morgan fingerprint density at radius 1 is 1.28 bits per heavy atom. The highest BCUT2D eigenvalue weighted by Gasteiger charge is 2.07. The van der Waals surface area contributed by atoms with E-state index < -0.39 is 0 Å². The van der Waals surface area contributed by atoms with Crippen LogP contribution in [-0.2, 0) is 6.54 Å². The smallest absolute Gasteiger partial charge is 0.253 e. The fraction of sp³-hybridized carbons (Fsp3) is 0.667. The second-order valence-corrected chi connectivity index (χ2v) is 5.00. The second-order valence-electron chi connectivity index (χ2n) is 5.00. The van der Waals surface area contributed by atoms with Gasteiger partial charge in [0.2, 0.25) is 0 Å². The summed E-state index contributed by atoms with van der Waals surface area (Å²) in [4.78, 5) is 14.6. The highest BCUT2D eigenvalue weighted by atomic mass is 16.1. The Bertz CT molecular complexity index is 405. The predicted molar refractivity (Wildman–Crippen MR) is 77.2 cm³/mol. The molecule has 1 aromatic rings. The summed E-state index contributed by atoms with van der Waals surface area (Å²) in [5.74, 6) is 0.299. The van der Waals surface area contributed by atoms with Crippen LogP contribution in [0.25, 0.3) is 0 Å². The number of pyridine rings is 1. The largest absolute Gasteiger partial charge is 0.315 e. The second kappa shape index (κ2) is 7.37. The molecule has 3 heteroatoms. The molecule has 0 saturated carbocycles. The van der Waals surface area contributed by atoms with Crippen molar-refractivity contribution in [2.75, 3.05) is 19.6 Å². The van der Waals surface area contributed by atoms with Gasteiger partial charge in [-0.3, -0.25) is 4.79 Å². The summed E-state index contributed by atoms with van der Waals surface area (Å²) in [6, 6.07) is 3.92. The minimum atomic E-state index is 0.173. The van der Waals surface area contributed by atoms with Crippen LogP contribution in [0.4, 0.5) is 0 Å². The van der Waals surface area contributed by atoms with Crippen LogP contribution in [0.15, 0.2) is 23.1 Å². The molecule has 0 aromatic carbocycles. The lowest BCUT2D eigenvalue weighted by atomic mass is 10.1. The molecule has 0 atom stereocenters. The maximum Gasteiger partial charge on any atom is 0.253 e. The van der Waals surface area contributed by atoms with Crippen molar-refractivity contribution < 1.29 is 0 Å². The van der Waals surface area contributed by atoms with Gasteiger partial charge in [-0.25, -0.2) is 0 Å². The van der Waals surface area contributed by atoms with Gasteiger partial charge in [-0.05, 0) is 38.0 Å². The molecule has 1 aromatic heterocycles. The first-order valence-corrected chi connectivity index (χ1v) is 7.01. The van der Waals surface area contributed by atoms with Crippen molar-refractivity contribution in [1.82, 2.24) is 9.47 Å². The molecule has 0 unspecified atom stereocenters. The average molecular weight is 250 g/mol. The van der Waals surface area contributed by atoms with Gasteiger partial charge in [0.05, 0.1) is 0 Å². The van der Waals surface area contributed by atoms with Crippen molar-refractivity contribution in [2.24, 2.45) is 0 Å². The molecule has 0 radical (unpaired) electrons. The fourth-order valence-electron chi connectivity index (χ4n) is 2.18. The Morgan fingerprint density at radius 2 is 1.94 bits per heavy atom. The van der Waals surface area contributed by atoms with Gasteiger partial charge in [0.1, 0.15) is 0 Å². The van der Waals surface area contributed by atoms with Crippen LogP contribution >= 0.6 is 0 Å². The summed E-state index contributed by atoms with van der Waals surface area (Å²) >= 11 is 0. The summed E-state index contributed by atoms with van der Waals surface area (Å²) in [6.45, 7) is 12.5. The van der Waals surface area contributed by atoms with Crippen LogP contribution in [-0.4, -0.2) is 29.1 Å². The van der Waals surface area contributed by atoms with Crippen LogP contribution in [0.1, 0.15) is 45.6 Å². The Labute approximate surface area is 110 Å². The third-order valence-electron chi connectivity index (χ3n) is 3.44. The van der Waals surface area contributed by atoms with Crippen molar-refractivity contribution in [3.63, 3.8) is 0 Å². The number of nitrogens with zero attached hydrogens (tertiary/aromatic N) is 2. The summed E-state index contributed by atoms with van der Waals surface area (Å²) in [7, 11) is 0. The topological polar surface area (TPSA) is 25.2 Å². The zero-order valence-corrected chi connectivity index (χ0v) is 12.1. The van der Waals surface area contributed by atoms with E-state index in [9.17, 15) is 4.79 Å². The van der Waals surface area contributed by atoms with Gasteiger partial charge in [-0.15, -0.1) is 0 Å². The number of rotatable bonds is 7. The SMILES string of the molecule is CCN(CC)CCCn1cccc(C(C)C)c1=O. The van der Waals surface area contributed by atoms with Gasteiger partial charge in [0.25, 0.3) is 5.56 Å². The zero-order valence-electron chi connectivity index (χ0n) is 12.1. The first kappa shape index (κ1) is 15.0. The van der Waals surface area contributed by atoms with E-state index in [1.807, 2.05) is 22.9 Å². The highest BCUT2D eigenvalue weighted by Crippen LogP contribution is 2.08. The number of hydrogen-bond donors (Lipinski definition) is 0. The van der Waals surface area contributed by atoms with Gasteiger partial charge in [0, 0.05) is 18.3 Å². The molecule has 3 nitrogen and oxygen atoms in total. The highest BCUT2D eigenvalue weighted by molar-refractivity contribution is 5.14. The lowest BCUT2D eigenvalue weighted by molar-refractivity contribution is 0.292. The number of aryl methyl sites for hydroxylation is 1. The third-order valence-corrected chi connectivity index (χ3v) is 3.44. The normalized spacial score (nSPS) is 11.4. The maximum atomic E-state index is 12.2. The quantitative estimate of drug-likeness (QED) is 0.743. The zero-order chi connectivity index (χ0) is 13.5. The van der Waals surface area contributed by atoms with E-state index in [0.717, 1.165) is 38.2 Å². The standard InChI is InChI=1S/C15H26N2O/c1-5-16(6-2)10-8-12-17-11-7-9-14(13(3)4)15(17)18/h7,9,11,13H,5-6,8,10,12H2,1-4H3. The van der Waals surface area contributed by atoms with Crippen LogP contribution in [0, 0.1) is 0 Å². The summed E-state index contributed by atoms with van der Waals surface area (Å²) in [5, 5.41) is 0. The first-order chi connectivity index (χ1) is 8.60. The van der Waals surface area contributed by atoms with E-state index in [2.05, 4.69) is 32.6 Å². The molecule has 0 bridgehead atoms. The van der Waals surface area contributed by atoms with E-state index in [-0.39, 0.29) is 5.56 Å². The number of hydrogen-bond acceptors (Lipinski definition) is 2. The van der Waals surface area contributed by atoms with Crippen molar-refractivity contribution in [2.45, 2.75) is 46.6 Å². The lowest BCUT2D eigenvalue weighted by Gasteiger charge is -2.18. The Morgan fingerprint density at radius 3 is 2.50 bits per heavy atom. The van der Waals surface area contributed by atoms with Crippen LogP contribution in [0.3, 0.4) is 0 Å². The molecule has 1 rings (SSSR count). The molecule has 0 aliphatic heterocycles. The molecule has 0 saturated heterocycles. The van der Waals surface area contributed by atoms with Crippen LogP contribution in [0.5, 0.6) is 0 Å². The Hall–Kier alpha value is -1.09. The van der Waals surface area contributed by atoms with Gasteiger partial charge >= 0.3 is 0 Å². The van der Waals surface area contributed by atoms with Crippen molar-refractivity contribution in [3.8, 4) is 0 Å². The van der Waals surface area contributed by atoms with E-state index in [1.165, 1.54) is 0 Å². The van der Waals surface area contributed by atoms with E-state index >= 15 is 0 Å². The van der Waals surface area contributed by atoms with Gasteiger partial charge in [0.15, 0.2) is 0 Å². The summed E-state index contributed by atoms with van der Waals surface area (Å²) in [6.07, 6.45) is 2.93. The predicted octanol–water partition coefficient (Wildman–Crippen LogP) is 2.70. The maximum absolute atomic E-state index is 12.2. The van der Waals surface area contributed by atoms with Gasteiger partial charge in [-0.2, -0.15) is 0 Å². The third kappa shape index (κ3) is 3.98. The van der Waals surface area contributed by atoms with Crippen LogP contribution in [0.2, 0.25) is 0 Å². The molecule has 0 amide bonds. The molecule has 0 aliphatic rings. The molecule has 1 heterocycles. The van der Waals surface area contributed by atoms with Crippen molar-refractivity contribution >= 4 is 0 Å². The summed E-state index contributed by atoms with van der Waals surface area (Å²) in [5.41, 5.74) is 1.09. The molecule has 0 aliphatic carbocycles. The van der Waals surface area contributed by atoms with Gasteiger partial charge < -0.3 is 9.47 Å². The average Bonchev–Trinajstić information content (AvgIpc) is 2.36. The van der Waals surface area contributed by atoms with E-state index in [4.69, 9.17) is 0 Å². The molecular formula is C15H26N2O. The monoisotopic (exact) mass is 250 g/mol. The van der Waals surface area contributed by atoms with Crippen LogP contribution < -0.4 is 5.56 Å². The molecule has 18 heavy (non-hydrogen) atoms. The minimum absolute atomic E-state index is 0.173. The molecule has 102 valence electrons. The molecule has 0 N–H and O–H groups in total. The van der Waals surface area contributed by atoms with Gasteiger partial charge in [-0.1, -0.05) is 33.8 Å². The van der Waals surface area contributed by atoms with E-state index in [0.29, 0.717) is 5.92 Å². The Kier molecular flexibility index (Phi) is 6.13. The first-order valence-electron chi connectivity index (χ1n) is 7.01. The fourth-order valence-corrected chi connectivity index (χ4v) is 2.18. The summed E-state index contributed by atoms with van der Waals surface area (Å²) < 4.78 is 1.85. The van der Waals surface area contributed by atoms with Crippen molar-refractivity contribution in [3.05, 3.63) is 34.2 Å². The Balaban J connectivity index is 2.63. The molecule has 0 fully saturated rings.